The fraction of sp³-hybridized carbons (Fsp3) is 0.148. The number of fused-ring (bicyclic) bond motifs is 1. The van der Waals surface area contributed by atoms with Crippen molar-refractivity contribution in [1.29, 1.82) is 0 Å². The minimum atomic E-state index is -2.57. The first-order chi connectivity index (χ1) is 16.4. The summed E-state index contributed by atoms with van der Waals surface area (Å²) in [6.45, 7) is 0. The van der Waals surface area contributed by atoms with Crippen LogP contribution in [0.5, 0.6) is 0 Å². The molecule has 0 fully saturated rings. The Bertz CT molecular complexity index is 1370. The molecule has 7 heteroatoms. The van der Waals surface area contributed by atoms with E-state index in [1.54, 1.807) is 36.4 Å². The van der Waals surface area contributed by atoms with Crippen molar-refractivity contribution in [2.75, 3.05) is 23.3 Å². The van der Waals surface area contributed by atoms with E-state index < -0.39 is 17.2 Å². The second-order valence-corrected chi connectivity index (χ2v) is 8.95. The number of carboxylic acid groups (broad SMARTS) is 1. The summed E-state index contributed by atoms with van der Waals surface area (Å²) < 4.78 is 26.5. The summed E-state index contributed by atoms with van der Waals surface area (Å²) in [6, 6.07) is 25.7. The van der Waals surface area contributed by atoms with E-state index in [1.165, 1.54) is 4.31 Å². The second kappa shape index (κ2) is 10.1. The van der Waals surface area contributed by atoms with Crippen LogP contribution in [0.4, 0.5) is 17.1 Å². The van der Waals surface area contributed by atoms with Gasteiger partial charge in [0.15, 0.2) is 0 Å². The molecular weight excluding hydrogens is 448 g/mol. The predicted molar refractivity (Wildman–Crippen MR) is 137 cm³/mol. The zero-order valence-electron chi connectivity index (χ0n) is 19.0. The number of anilines is 3. The molecule has 0 saturated heterocycles. The third kappa shape index (κ3) is 4.66. The van der Waals surface area contributed by atoms with Crippen LogP contribution in [-0.2, 0) is 24.1 Å². The minimum absolute atomic E-state index is 0.259. The average molecular weight is 474 g/mol. The molecule has 34 heavy (non-hydrogen) atoms. The highest BCUT2D eigenvalue weighted by molar-refractivity contribution is 7.81. The van der Waals surface area contributed by atoms with Crippen molar-refractivity contribution >= 4 is 45.1 Å². The van der Waals surface area contributed by atoms with Crippen LogP contribution in [-0.4, -0.2) is 33.9 Å². The molecule has 0 aliphatic rings. The highest BCUT2D eigenvalue weighted by Crippen LogP contribution is 2.38. The third-order valence-corrected chi connectivity index (χ3v) is 6.54. The maximum absolute atomic E-state index is 12.6. The molecule has 1 unspecified atom stereocenters. The summed E-state index contributed by atoms with van der Waals surface area (Å²) in [7, 11) is 3.91. The molecular formula is C27H25N2O4S-. The molecule has 4 aromatic carbocycles. The maximum Gasteiger partial charge on any atom is 0.335 e. The molecule has 4 rings (SSSR count). The molecule has 174 valence electrons. The Hall–Kier alpha value is -3.68. The Balaban J connectivity index is 1.78. The number of benzene rings is 4. The monoisotopic (exact) mass is 473 g/mol. The van der Waals surface area contributed by atoms with E-state index in [0.717, 1.165) is 22.0 Å². The summed E-state index contributed by atoms with van der Waals surface area (Å²) >= 11 is -2.57. The lowest BCUT2D eigenvalue weighted by molar-refractivity contribution is 0.0695. The van der Waals surface area contributed by atoms with Crippen molar-refractivity contribution in [1.82, 2.24) is 0 Å². The number of hydrogen-bond acceptors (Lipinski definition) is 4. The third-order valence-electron chi connectivity index (χ3n) is 5.85. The highest BCUT2D eigenvalue weighted by atomic mass is 32.2. The lowest BCUT2D eigenvalue weighted by Crippen LogP contribution is -2.21. The van der Waals surface area contributed by atoms with E-state index in [0.29, 0.717) is 29.8 Å². The van der Waals surface area contributed by atoms with Crippen molar-refractivity contribution in [3.63, 3.8) is 0 Å². The molecule has 1 N–H and O–H groups in total. The van der Waals surface area contributed by atoms with Gasteiger partial charge in [0, 0.05) is 30.6 Å². The summed E-state index contributed by atoms with van der Waals surface area (Å²) in [5.41, 5.74) is 3.89. The van der Waals surface area contributed by atoms with Gasteiger partial charge < -0.3 is 14.6 Å². The average Bonchev–Trinajstić information content (AvgIpc) is 2.83. The number of carboxylic acids is 1. The lowest BCUT2D eigenvalue weighted by Gasteiger charge is -2.30. The Kier molecular flexibility index (Phi) is 6.95. The number of carbonyl (C=O) groups is 1. The van der Waals surface area contributed by atoms with Gasteiger partial charge in [-0.05, 0) is 48.2 Å². The molecule has 0 spiro atoms. The van der Waals surface area contributed by atoms with Crippen LogP contribution in [0.2, 0.25) is 0 Å². The van der Waals surface area contributed by atoms with Crippen LogP contribution in [0, 0.1) is 0 Å². The van der Waals surface area contributed by atoms with Crippen molar-refractivity contribution in [3.8, 4) is 0 Å². The van der Waals surface area contributed by atoms with Gasteiger partial charge in [-0.2, -0.15) is 0 Å². The van der Waals surface area contributed by atoms with Gasteiger partial charge in [-0.15, -0.1) is 0 Å². The predicted octanol–water partition coefficient (Wildman–Crippen LogP) is 5.32. The zero-order chi connectivity index (χ0) is 24.2. The van der Waals surface area contributed by atoms with E-state index in [1.807, 2.05) is 67.5 Å². The van der Waals surface area contributed by atoms with Crippen molar-refractivity contribution < 1.29 is 18.7 Å². The molecule has 0 saturated carbocycles. The Morgan fingerprint density at radius 3 is 1.94 bits per heavy atom. The Morgan fingerprint density at radius 1 is 0.765 bits per heavy atom. The topological polar surface area (TPSA) is 83.9 Å². The van der Waals surface area contributed by atoms with Gasteiger partial charge in [0.2, 0.25) is 0 Å². The van der Waals surface area contributed by atoms with E-state index in [9.17, 15) is 18.7 Å². The minimum Gasteiger partial charge on any atom is -0.755 e. The molecule has 0 aliphatic carbocycles. The van der Waals surface area contributed by atoms with Gasteiger partial charge in [0.1, 0.15) is 0 Å². The summed E-state index contributed by atoms with van der Waals surface area (Å²) in [5.74, 6) is -0.973. The van der Waals surface area contributed by atoms with Gasteiger partial charge in [-0.3, -0.25) is 8.51 Å². The number of para-hydroxylation sites is 1. The molecule has 4 aromatic rings. The SMILES string of the molecule is CN(C)c1cccc2c(N(c3ccccc3CCc3ccccc3C(=O)O)S(=O)[O-])cccc12. The molecule has 1 atom stereocenters. The largest absolute Gasteiger partial charge is 0.755 e. The van der Waals surface area contributed by atoms with Crippen LogP contribution in [0.3, 0.4) is 0 Å². The quantitative estimate of drug-likeness (QED) is 0.350. The van der Waals surface area contributed by atoms with Crippen molar-refractivity contribution in [2.24, 2.45) is 0 Å². The van der Waals surface area contributed by atoms with Gasteiger partial charge in [0.25, 0.3) is 0 Å². The molecule has 0 aromatic heterocycles. The highest BCUT2D eigenvalue weighted by Gasteiger charge is 2.18. The van der Waals surface area contributed by atoms with Crippen molar-refractivity contribution in [3.05, 3.63) is 102 Å². The molecule has 0 aliphatic heterocycles. The number of aryl methyl sites for hydroxylation is 2. The molecule has 0 radical (unpaired) electrons. The maximum atomic E-state index is 12.6. The number of rotatable bonds is 8. The fourth-order valence-electron chi connectivity index (χ4n) is 4.27. The Labute approximate surface area is 201 Å². The zero-order valence-corrected chi connectivity index (χ0v) is 19.8. The summed E-state index contributed by atoms with van der Waals surface area (Å²) in [4.78, 5) is 13.6. The number of hydrogen-bond donors (Lipinski definition) is 1. The molecule has 0 amide bonds. The van der Waals surface area contributed by atoms with Gasteiger partial charge in [-0.1, -0.05) is 60.7 Å². The summed E-state index contributed by atoms with van der Waals surface area (Å²) in [5, 5.41) is 11.3. The molecule has 0 bridgehead atoms. The standard InChI is InChI=1S/C27H26N2O4S/c1-28(2)25-15-7-13-23-22(25)12-8-16-26(23)29(34(32)33)24-14-6-4-10-20(24)18-17-19-9-3-5-11-21(19)27(30)31/h3-16H,17-18H2,1-2H3,(H,30,31)(H,32,33)/p-1. The number of aromatic carboxylic acids is 1. The van der Waals surface area contributed by atoms with E-state index >= 15 is 0 Å². The van der Waals surface area contributed by atoms with Crippen LogP contribution >= 0.6 is 0 Å². The van der Waals surface area contributed by atoms with Gasteiger partial charge >= 0.3 is 5.97 Å². The first kappa shape index (κ1) is 23.5. The van der Waals surface area contributed by atoms with E-state index in [4.69, 9.17) is 0 Å². The molecule has 0 heterocycles. The van der Waals surface area contributed by atoms with E-state index in [-0.39, 0.29) is 5.56 Å². The van der Waals surface area contributed by atoms with Crippen LogP contribution in [0.15, 0.2) is 84.9 Å². The van der Waals surface area contributed by atoms with E-state index in [2.05, 4.69) is 0 Å². The first-order valence-electron chi connectivity index (χ1n) is 10.9. The Morgan fingerprint density at radius 2 is 1.29 bits per heavy atom. The summed E-state index contributed by atoms with van der Waals surface area (Å²) in [6.07, 6.45) is 0.959. The second-order valence-electron chi connectivity index (χ2n) is 8.15. The fourth-order valence-corrected chi connectivity index (χ4v) is 4.93. The number of nitrogens with zero attached hydrogens (tertiary/aromatic N) is 2. The van der Waals surface area contributed by atoms with Gasteiger partial charge in [-0.25, -0.2) is 4.79 Å². The normalized spacial score (nSPS) is 11.9. The van der Waals surface area contributed by atoms with Crippen LogP contribution < -0.4 is 9.21 Å². The van der Waals surface area contributed by atoms with Crippen LogP contribution in [0.25, 0.3) is 10.8 Å². The van der Waals surface area contributed by atoms with Crippen molar-refractivity contribution in [2.45, 2.75) is 12.8 Å². The first-order valence-corrected chi connectivity index (χ1v) is 11.9. The smallest absolute Gasteiger partial charge is 0.335 e. The lowest BCUT2D eigenvalue weighted by atomic mass is 9.98. The van der Waals surface area contributed by atoms with Crippen LogP contribution in [0.1, 0.15) is 21.5 Å². The molecule has 6 nitrogen and oxygen atoms in total. The van der Waals surface area contributed by atoms with Gasteiger partial charge in [0.05, 0.1) is 28.2 Å².